The molecule has 0 aromatic heterocycles. The van der Waals surface area contributed by atoms with Crippen molar-refractivity contribution in [1.29, 1.82) is 0 Å². The number of likely N-dealkylation sites (N-methyl/N-ethyl adjacent to an activating group) is 1. The normalized spacial score (nSPS) is 25.8. The van der Waals surface area contributed by atoms with Crippen molar-refractivity contribution in [3.8, 4) is 0 Å². The largest absolute Gasteiger partial charge is 0.391 e. The first-order valence-electron chi connectivity index (χ1n) is 8.03. The molecule has 1 aromatic carbocycles. The Kier molecular flexibility index (Phi) is 4.48. The Labute approximate surface area is 127 Å². The molecule has 0 bridgehead atoms. The maximum absolute atomic E-state index is 9.98. The summed E-state index contributed by atoms with van der Waals surface area (Å²) in [5.74, 6) is 0. The second-order valence-corrected chi connectivity index (χ2v) is 6.78. The number of β-amino-alcohol motifs (C(OH)–C–C–N with tert-alkyl or cyclic N) is 1. The molecule has 21 heavy (non-hydrogen) atoms. The van der Waals surface area contributed by atoms with Gasteiger partial charge in [0.1, 0.15) is 0 Å². The van der Waals surface area contributed by atoms with Crippen molar-refractivity contribution in [3.63, 3.8) is 0 Å². The van der Waals surface area contributed by atoms with Crippen molar-refractivity contribution >= 4 is 5.69 Å². The number of hydrogen-bond acceptors (Lipinski definition) is 4. The van der Waals surface area contributed by atoms with Gasteiger partial charge >= 0.3 is 0 Å². The summed E-state index contributed by atoms with van der Waals surface area (Å²) in [6.07, 6.45) is 3.32. The minimum atomic E-state index is -0.203. The first kappa shape index (κ1) is 14.8. The Morgan fingerprint density at radius 3 is 2.57 bits per heavy atom. The third-order valence-corrected chi connectivity index (χ3v) is 4.41. The van der Waals surface area contributed by atoms with Crippen LogP contribution >= 0.6 is 0 Å². The molecular formula is C17H27N3O. The van der Waals surface area contributed by atoms with E-state index in [4.69, 9.17) is 0 Å². The molecule has 2 aliphatic rings. The number of nitrogens with zero attached hydrogens (tertiary/aromatic N) is 2. The highest BCUT2D eigenvalue weighted by molar-refractivity contribution is 5.50. The Balaban J connectivity index is 1.63. The zero-order valence-corrected chi connectivity index (χ0v) is 13.1. The van der Waals surface area contributed by atoms with Crippen molar-refractivity contribution in [2.75, 3.05) is 32.1 Å². The lowest BCUT2D eigenvalue weighted by atomic mass is 10.1. The van der Waals surface area contributed by atoms with E-state index in [1.807, 2.05) is 0 Å². The van der Waals surface area contributed by atoms with E-state index in [0.29, 0.717) is 6.04 Å². The fourth-order valence-electron chi connectivity index (χ4n) is 3.16. The van der Waals surface area contributed by atoms with Gasteiger partial charge in [-0.1, -0.05) is 12.1 Å². The lowest BCUT2D eigenvalue weighted by molar-refractivity contribution is 0.191. The topological polar surface area (TPSA) is 38.7 Å². The van der Waals surface area contributed by atoms with Gasteiger partial charge in [-0.25, -0.2) is 0 Å². The van der Waals surface area contributed by atoms with Gasteiger partial charge in [-0.15, -0.1) is 0 Å². The Hall–Kier alpha value is -1.10. The zero-order chi connectivity index (χ0) is 14.8. The van der Waals surface area contributed by atoms with Gasteiger partial charge in [0.25, 0.3) is 0 Å². The van der Waals surface area contributed by atoms with Crippen LogP contribution in [0.4, 0.5) is 5.69 Å². The number of nitrogens with one attached hydrogen (secondary N) is 1. The van der Waals surface area contributed by atoms with Gasteiger partial charge in [-0.2, -0.15) is 0 Å². The van der Waals surface area contributed by atoms with Crippen molar-refractivity contribution in [3.05, 3.63) is 29.8 Å². The van der Waals surface area contributed by atoms with Crippen LogP contribution in [0.25, 0.3) is 0 Å². The van der Waals surface area contributed by atoms with Crippen molar-refractivity contribution in [2.24, 2.45) is 0 Å². The molecule has 0 amide bonds. The van der Waals surface area contributed by atoms with Crippen LogP contribution in [0.3, 0.4) is 0 Å². The number of aliphatic hydroxyl groups excluding tert-OH is 1. The van der Waals surface area contributed by atoms with Crippen molar-refractivity contribution in [1.82, 2.24) is 10.2 Å². The predicted octanol–water partition coefficient (Wildman–Crippen LogP) is 1.44. The number of benzene rings is 1. The molecule has 1 saturated carbocycles. The van der Waals surface area contributed by atoms with Gasteiger partial charge < -0.3 is 20.2 Å². The maximum atomic E-state index is 9.98. The van der Waals surface area contributed by atoms with Crippen LogP contribution < -0.4 is 10.2 Å². The molecule has 3 rings (SSSR count). The van der Waals surface area contributed by atoms with Gasteiger partial charge in [0.15, 0.2) is 0 Å². The Morgan fingerprint density at radius 2 is 1.95 bits per heavy atom. The van der Waals surface area contributed by atoms with E-state index in [1.54, 1.807) is 0 Å². The first-order valence-corrected chi connectivity index (χ1v) is 8.03. The van der Waals surface area contributed by atoms with Crippen LogP contribution in [0, 0.1) is 0 Å². The van der Waals surface area contributed by atoms with E-state index >= 15 is 0 Å². The molecule has 4 heteroatoms. The molecule has 1 heterocycles. The van der Waals surface area contributed by atoms with Crippen molar-refractivity contribution < 1.29 is 5.11 Å². The number of aliphatic hydroxyl groups is 1. The quantitative estimate of drug-likeness (QED) is 0.831. The minimum absolute atomic E-state index is 0.203. The second-order valence-electron chi connectivity index (χ2n) is 6.78. The van der Waals surface area contributed by atoms with E-state index in [-0.39, 0.29) is 6.10 Å². The molecule has 2 atom stereocenters. The standard InChI is InChI=1S/C17H27N3O/c1-19(2)11-16-9-17(21)12-20(16)15-7-3-13(4-8-15)10-18-14-5-6-14/h3-4,7-8,14,16-18,21H,5-6,9-12H2,1-2H3. The summed E-state index contributed by atoms with van der Waals surface area (Å²) in [5, 5.41) is 13.5. The summed E-state index contributed by atoms with van der Waals surface area (Å²) in [4.78, 5) is 4.55. The summed E-state index contributed by atoms with van der Waals surface area (Å²) < 4.78 is 0. The van der Waals surface area contributed by atoms with Gasteiger partial charge in [-0.3, -0.25) is 0 Å². The molecule has 2 unspecified atom stereocenters. The summed E-state index contributed by atoms with van der Waals surface area (Å²) in [6.45, 7) is 2.70. The Bertz CT molecular complexity index is 456. The zero-order valence-electron chi connectivity index (χ0n) is 13.1. The van der Waals surface area contributed by atoms with Crippen LogP contribution in [0.5, 0.6) is 0 Å². The van der Waals surface area contributed by atoms with E-state index in [0.717, 1.165) is 32.1 Å². The Morgan fingerprint density at radius 1 is 1.24 bits per heavy atom. The predicted molar refractivity (Wildman–Crippen MR) is 86.6 cm³/mol. The van der Waals surface area contributed by atoms with Crippen LogP contribution in [-0.2, 0) is 6.54 Å². The molecule has 0 spiro atoms. The monoisotopic (exact) mass is 289 g/mol. The second kappa shape index (κ2) is 6.34. The fraction of sp³-hybridized carbons (Fsp3) is 0.647. The molecular weight excluding hydrogens is 262 g/mol. The average molecular weight is 289 g/mol. The molecule has 0 radical (unpaired) electrons. The smallest absolute Gasteiger partial charge is 0.0735 e. The van der Waals surface area contributed by atoms with E-state index in [1.165, 1.54) is 24.1 Å². The fourth-order valence-corrected chi connectivity index (χ4v) is 3.16. The number of anilines is 1. The first-order chi connectivity index (χ1) is 10.1. The van der Waals surface area contributed by atoms with Gasteiger partial charge in [0, 0.05) is 37.4 Å². The third kappa shape index (κ3) is 3.96. The van der Waals surface area contributed by atoms with Gasteiger partial charge in [-0.05, 0) is 51.1 Å². The SMILES string of the molecule is CN(C)CC1CC(O)CN1c1ccc(CNC2CC2)cc1. The molecule has 2 fully saturated rings. The molecule has 116 valence electrons. The van der Waals surface area contributed by atoms with E-state index < -0.39 is 0 Å². The van der Waals surface area contributed by atoms with Crippen LogP contribution in [0.15, 0.2) is 24.3 Å². The molecule has 1 aromatic rings. The average Bonchev–Trinajstić information content (AvgIpc) is 3.20. The molecule has 1 aliphatic carbocycles. The van der Waals surface area contributed by atoms with Crippen LogP contribution in [0.2, 0.25) is 0 Å². The van der Waals surface area contributed by atoms with E-state index in [2.05, 4.69) is 53.5 Å². The summed E-state index contributed by atoms with van der Waals surface area (Å²) in [6, 6.07) is 9.98. The summed E-state index contributed by atoms with van der Waals surface area (Å²) in [7, 11) is 4.19. The van der Waals surface area contributed by atoms with Crippen molar-refractivity contribution in [2.45, 2.75) is 44.0 Å². The minimum Gasteiger partial charge on any atom is -0.391 e. The summed E-state index contributed by atoms with van der Waals surface area (Å²) >= 11 is 0. The highest BCUT2D eigenvalue weighted by Gasteiger charge is 2.31. The number of rotatable bonds is 6. The number of hydrogen-bond donors (Lipinski definition) is 2. The molecule has 2 N–H and O–H groups in total. The van der Waals surface area contributed by atoms with E-state index in [9.17, 15) is 5.11 Å². The highest BCUT2D eigenvalue weighted by atomic mass is 16.3. The molecule has 1 saturated heterocycles. The van der Waals surface area contributed by atoms with Crippen LogP contribution in [-0.4, -0.2) is 55.4 Å². The highest BCUT2D eigenvalue weighted by Crippen LogP contribution is 2.27. The lowest BCUT2D eigenvalue weighted by Gasteiger charge is -2.28. The third-order valence-electron chi connectivity index (χ3n) is 4.41. The lowest BCUT2D eigenvalue weighted by Crippen LogP contribution is -2.37. The van der Waals surface area contributed by atoms with Gasteiger partial charge in [0.05, 0.1) is 6.10 Å². The van der Waals surface area contributed by atoms with Crippen LogP contribution in [0.1, 0.15) is 24.8 Å². The molecule has 4 nitrogen and oxygen atoms in total. The summed E-state index contributed by atoms with van der Waals surface area (Å²) in [5.41, 5.74) is 2.57. The molecule has 1 aliphatic heterocycles. The van der Waals surface area contributed by atoms with Gasteiger partial charge in [0.2, 0.25) is 0 Å². The maximum Gasteiger partial charge on any atom is 0.0735 e.